The first-order valence-corrected chi connectivity index (χ1v) is 10.2. The van der Waals surface area contributed by atoms with Gasteiger partial charge < -0.3 is 10.6 Å². The van der Waals surface area contributed by atoms with Crippen LogP contribution in [0.5, 0.6) is 0 Å². The zero-order valence-corrected chi connectivity index (χ0v) is 16.9. The molecule has 4 amide bonds. The SMILES string of the molecule is C[C@@H]1CC(C)(C)C[C@]2(C1)NC(=O)N(CC(=O)Nc1ccc3c(c1)CCC3)C2=O. The molecule has 1 saturated heterocycles. The Morgan fingerprint density at radius 1 is 1.21 bits per heavy atom. The smallest absolute Gasteiger partial charge is 0.325 e. The molecule has 1 aromatic rings. The number of urea groups is 1. The summed E-state index contributed by atoms with van der Waals surface area (Å²) in [7, 11) is 0. The molecule has 1 saturated carbocycles. The molecule has 0 radical (unpaired) electrons. The molecule has 2 atom stereocenters. The number of nitrogens with zero attached hydrogens (tertiary/aromatic N) is 1. The van der Waals surface area contributed by atoms with Crippen LogP contribution in [0.1, 0.15) is 57.6 Å². The first-order valence-electron chi connectivity index (χ1n) is 10.2. The molecule has 150 valence electrons. The Kier molecular flexibility index (Phi) is 4.47. The number of hydrogen-bond acceptors (Lipinski definition) is 3. The van der Waals surface area contributed by atoms with Crippen molar-refractivity contribution in [3.05, 3.63) is 29.3 Å². The number of rotatable bonds is 3. The summed E-state index contributed by atoms with van der Waals surface area (Å²) in [5.74, 6) is -0.268. The van der Waals surface area contributed by atoms with E-state index in [0.717, 1.165) is 36.3 Å². The maximum absolute atomic E-state index is 13.1. The number of carbonyl (C=O) groups is 3. The zero-order valence-electron chi connectivity index (χ0n) is 16.9. The van der Waals surface area contributed by atoms with Crippen molar-refractivity contribution in [1.29, 1.82) is 0 Å². The summed E-state index contributed by atoms with van der Waals surface area (Å²) in [6.45, 7) is 6.13. The number of nitrogens with one attached hydrogen (secondary N) is 2. The number of carbonyl (C=O) groups excluding carboxylic acids is 3. The van der Waals surface area contributed by atoms with Gasteiger partial charge in [-0.3, -0.25) is 14.5 Å². The number of amides is 4. The molecule has 4 rings (SSSR count). The van der Waals surface area contributed by atoms with Crippen molar-refractivity contribution in [3.8, 4) is 0 Å². The molecule has 1 aromatic carbocycles. The van der Waals surface area contributed by atoms with Crippen molar-refractivity contribution in [2.24, 2.45) is 11.3 Å². The summed E-state index contributed by atoms with van der Waals surface area (Å²) >= 11 is 0. The van der Waals surface area contributed by atoms with E-state index in [2.05, 4.69) is 31.4 Å². The van der Waals surface area contributed by atoms with Gasteiger partial charge in [0, 0.05) is 5.69 Å². The van der Waals surface area contributed by atoms with Gasteiger partial charge in [0.2, 0.25) is 5.91 Å². The van der Waals surface area contributed by atoms with E-state index in [4.69, 9.17) is 0 Å². The first kappa shape index (κ1) is 19.0. The number of benzene rings is 1. The second-order valence-corrected chi connectivity index (χ2v) is 9.64. The van der Waals surface area contributed by atoms with Gasteiger partial charge in [0.25, 0.3) is 5.91 Å². The van der Waals surface area contributed by atoms with Crippen molar-refractivity contribution in [2.75, 3.05) is 11.9 Å². The normalized spacial score (nSPS) is 28.4. The Balaban J connectivity index is 1.45. The van der Waals surface area contributed by atoms with Gasteiger partial charge in [0.1, 0.15) is 12.1 Å². The highest BCUT2D eigenvalue weighted by molar-refractivity contribution is 6.10. The van der Waals surface area contributed by atoms with Gasteiger partial charge in [0.05, 0.1) is 0 Å². The number of aryl methyl sites for hydroxylation is 2. The molecule has 2 fully saturated rings. The monoisotopic (exact) mass is 383 g/mol. The molecule has 6 heteroatoms. The molecule has 3 aliphatic rings. The minimum atomic E-state index is -0.869. The zero-order chi connectivity index (χ0) is 20.1. The fourth-order valence-corrected chi connectivity index (χ4v) is 5.64. The summed E-state index contributed by atoms with van der Waals surface area (Å²) < 4.78 is 0. The molecule has 6 nitrogen and oxygen atoms in total. The van der Waals surface area contributed by atoms with Crippen LogP contribution < -0.4 is 10.6 Å². The molecule has 2 aliphatic carbocycles. The summed E-state index contributed by atoms with van der Waals surface area (Å²) in [5.41, 5.74) is 2.43. The van der Waals surface area contributed by atoms with Crippen molar-refractivity contribution in [1.82, 2.24) is 10.2 Å². The standard InChI is InChI=1S/C22H29N3O3/c1-14-10-21(2,3)13-22(11-14)19(27)25(20(28)24-22)12-18(26)23-17-8-7-15-5-4-6-16(15)9-17/h7-9,14H,4-6,10-13H2,1-3H3,(H,23,26)(H,24,28)/t14-,22+/m1/s1. The van der Waals surface area contributed by atoms with E-state index in [1.165, 1.54) is 11.1 Å². The minimum absolute atomic E-state index is 0.0245. The van der Waals surface area contributed by atoms with E-state index in [1.807, 2.05) is 18.2 Å². The fourth-order valence-electron chi connectivity index (χ4n) is 5.64. The van der Waals surface area contributed by atoms with Gasteiger partial charge in [-0.2, -0.15) is 0 Å². The van der Waals surface area contributed by atoms with Crippen LogP contribution in [0, 0.1) is 11.3 Å². The van der Waals surface area contributed by atoms with Crippen molar-refractivity contribution in [3.63, 3.8) is 0 Å². The lowest BCUT2D eigenvalue weighted by atomic mass is 9.64. The first-order chi connectivity index (χ1) is 13.2. The van der Waals surface area contributed by atoms with Gasteiger partial charge in [0.15, 0.2) is 0 Å². The fraction of sp³-hybridized carbons (Fsp3) is 0.591. The second kappa shape index (κ2) is 6.61. The van der Waals surface area contributed by atoms with Gasteiger partial charge in [-0.05, 0) is 73.1 Å². The van der Waals surface area contributed by atoms with Gasteiger partial charge >= 0.3 is 6.03 Å². The van der Waals surface area contributed by atoms with Gasteiger partial charge in [-0.15, -0.1) is 0 Å². The Bertz CT molecular complexity index is 847. The topological polar surface area (TPSA) is 78.5 Å². The lowest BCUT2D eigenvalue weighted by Crippen LogP contribution is -2.54. The van der Waals surface area contributed by atoms with E-state index in [-0.39, 0.29) is 23.8 Å². The lowest BCUT2D eigenvalue weighted by molar-refractivity contribution is -0.136. The third-order valence-corrected chi connectivity index (χ3v) is 6.31. The van der Waals surface area contributed by atoms with Crippen LogP contribution in [0.2, 0.25) is 0 Å². The predicted molar refractivity (Wildman–Crippen MR) is 107 cm³/mol. The van der Waals surface area contributed by atoms with Crippen LogP contribution in [-0.2, 0) is 22.4 Å². The Hall–Kier alpha value is -2.37. The Morgan fingerprint density at radius 2 is 1.96 bits per heavy atom. The average molecular weight is 383 g/mol. The van der Waals surface area contributed by atoms with Crippen molar-refractivity contribution < 1.29 is 14.4 Å². The van der Waals surface area contributed by atoms with Crippen molar-refractivity contribution >= 4 is 23.5 Å². The minimum Gasteiger partial charge on any atom is -0.325 e. The van der Waals surface area contributed by atoms with E-state index < -0.39 is 11.6 Å². The summed E-state index contributed by atoms with van der Waals surface area (Å²) in [5, 5.41) is 5.76. The molecule has 0 aromatic heterocycles. The molecule has 1 heterocycles. The van der Waals surface area contributed by atoms with E-state index in [9.17, 15) is 14.4 Å². The van der Waals surface area contributed by atoms with E-state index in [0.29, 0.717) is 18.8 Å². The number of anilines is 1. The summed E-state index contributed by atoms with van der Waals surface area (Å²) in [6, 6.07) is 5.48. The molecule has 2 N–H and O–H groups in total. The molecule has 28 heavy (non-hydrogen) atoms. The lowest BCUT2D eigenvalue weighted by Gasteiger charge is -2.43. The molecule has 1 spiro atoms. The molecular weight excluding hydrogens is 354 g/mol. The molecular formula is C22H29N3O3. The van der Waals surface area contributed by atoms with E-state index >= 15 is 0 Å². The van der Waals surface area contributed by atoms with Crippen molar-refractivity contribution in [2.45, 2.75) is 64.8 Å². The highest BCUT2D eigenvalue weighted by atomic mass is 16.2. The molecule has 0 unspecified atom stereocenters. The van der Waals surface area contributed by atoms with Crippen LogP contribution in [0.4, 0.5) is 10.5 Å². The van der Waals surface area contributed by atoms with Gasteiger partial charge in [-0.1, -0.05) is 26.8 Å². The summed E-state index contributed by atoms with van der Waals surface area (Å²) in [4.78, 5) is 39.3. The van der Waals surface area contributed by atoms with Crippen LogP contribution >= 0.6 is 0 Å². The third kappa shape index (κ3) is 3.40. The van der Waals surface area contributed by atoms with Crippen LogP contribution in [0.25, 0.3) is 0 Å². The Morgan fingerprint density at radius 3 is 2.71 bits per heavy atom. The largest absolute Gasteiger partial charge is 0.325 e. The van der Waals surface area contributed by atoms with Crippen LogP contribution in [-0.4, -0.2) is 34.8 Å². The quantitative estimate of drug-likeness (QED) is 0.787. The maximum atomic E-state index is 13.1. The second-order valence-electron chi connectivity index (χ2n) is 9.64. The average Bonchev–Trinajstić information content (AvgIpc) is 3.11. The molecule has 0 bridgehead atoms. The molecule has 1 aliphatic heterocycles. The number of hydrogen-bond donors (Lipinski definition) is 2. The third-order valence-electron chi connectivity index (χ3n) is 6.31. The highest BCUT2D eigenvalue weighted by Gasteiger charge is 2.56. The van der Waals surface area contributed by atoms with Gasteiger partial charge in [-0.25, -0.2) is 4.79 Å². The highest BCUT2D eigenvalue weighted by Crippen LogP contribution is 2.46. The van der Waals surface area contributed by atoms with Crippen LogP contribution in [0.15, 0.2) is 18.2 Å². The maximum Gasteiger partial charge on any atom is 0.325 e. The van der Waals surface area contributed by atoms with Crippen LogP contribution in [0.3, 0.4) is 0 Å². The summed E-state index contributed by atoms with van der Waals surface area (Å²) in [6.07, 6.45) is 5.52. The number of imide groups is 1. The Labute approximate surface area is 166 Å². The number of fused-ring (bicyclic) bond motifs is 1. The van der Waals surface area contributed by atoms with E-state index in [1.54, 1.807) is 0 Å². The predicted octanol–water partition coefficient (Wildman–Crippen LogP) is 3.25.